The number of carbonyl (C=O) groups excluding carboxylic acids is 1. The van der Waals surface area contributed by atoms with Crippen molar-refractivity contribution in [3.05, 3.63) is 24.3 Å². The summed E-state index contributed by atoms with van der Waals surface area (Å²) in [5.41, 5.74) is 2.10. The Hall–Kier alpha value is -1.88. The molecule has 1 amide bonds. The average molecular weight is 270 g/mol. The van der Waals surface area contributed by atoms with Crippen molar-refractivity contribution < 1.29 is 4.79 Å². The Balaban J connectivity index is 1.68. The summed E-state index contributed by atoms with van der Waals surface area (Å²) in [6.07, 6.45) is 2.07. The lowest BCUT2D eigenvalue weighted by Gasteiger charge is -2.25. The predicted octanol–water partition coefficient (Wildman–Crippen LogP) is 1.38. The molecular weight excluding hydrogens is 252 g/mol. The van der Waals surface area contributed by atoms with E-state index in [0.717, 1.165) is 56.0 Å². The van der Waals surface area contributed by atoms with Crippen molar-refractivity contribution in [2.45, 2.75) is 19.4 Å². The van der Waals surface area contributed by atoms with Crippen LogP contribution in [-0.4, -0.2) is 35.1 Å². The number of carbonyl (C=O) groups is 1. The summed E-state index contributed by atoms with van der Waals surface area (Å²) >= 11 is 0. The maximum absolute atomic E-state index is 12.7. The van der Waals surface area contributed by atoms with Crippen LogP contribution in [0.4, 0.5) is 5.95 Å². The molecule has 0 aliphatic carbocycles. The van der Waals surface area contributed by atoms with Gasteiger partial charge < -0.3 is 9.88 Å². The number of anilines is 1. The van der Waals surface area contributed by atoms with Crippen LogP contribution in [0.1, 0.15) is 12.8 Å². The van der Waals surface area contributed by atoms with Gasteiger partial charge in [0, 0.05) is 19.6 Å². The number of para-hydroxylation sites is 2. The molecule has 1 aromatic heterocycles. The number of nitrogens with one attached hydrogen (secondary N) is 1. The lowest BCUT2D eigenvalue weighted by Crippen LogP contribution is -2.42. The summed E-state index contributed by atoms with van der Waals surface area (Å²) in [7, 11) is 0. The molecule has 20 heavy (non-hydrogen) atoms. The smallest absolute Gasteiger partial charge is 0.233 e. The molecule has 0 bridgehead atoms. The Morgan fingerprint density at radius 2 is 2.20 bits per heavy atom. The van der Waals surface area contributed by atoms with E-state index in [-0.39, 0.29) is 11.8 Å². The van der Waals surface area contributed by atoms with Gasteiger partial charge in [-0.15, -0.1) is 0 Å². The van der Waals surface area contributed by atoms with E-state index < -0.39 is 0 Å². The lowest BCUT2D eigenvalue weighted by molar-refractivity contribution is -0.122. The van der Waals surface area contributed by atoms with E-state index in [2.05, 4.69) is 20.9 Å². The molecule has 0 radical (unpaired) electrons. The first-order chi connectivity index (χ1) is 9.84. The first-order valence-electron chi connectivity index (χ1n) is 7.32. The first kappa shape index (κ1) is 11.9. The van der Waals surface area contributed by atoms with Gasteiger partial charge in [-0.2, -0.15) is 0 Å². The maximum Gasteiger partial charge on any atom is 0.233 e. The molecule has 1 unspecified atom stereocenters. The Bertz CT molecular complexity index is 657. The number of amides is 1. The van der Waals surface area contributed by atoms with Crippen LogP contribution in [0.2, 0.25) is 0 Å². The highest BCUT2D eigenvalue weighted by Gasteiger charge is 2.33. The normalized spacial score (nSPS) is 22.2. The third-order valence-corrected chi connectivity index (χ3v) is 4.34. The minimum Gasteiger partial charge on any atom is -0.316 e. The fourth-order valence-corrected chi connectivity index (χ4v) is 3.28. The second-order valence-electron chi connectivity index (χ2n) is 5.59. The first-order valence-corrected chi connectivity index (χ1v) is 7.32. The molecule has 1 saturated heterocycles. The molecule has 4 rings (SSSR count). The van der Waals surface area contributed by atoms with Crippen LogP contribution < -0.4 is 10.2 Å². The molecule has 2 aliphatic rings. The highest BCUT2D eigenvalue weighted by atomic mass is 16.2. The van der Waals surface area contributed by atoms with Crippen molar-refractivity contribution in [2.24, 2.45) is 5.92 Å². The van der Waals surface area contributed by atoms with Crippen molar-refractivity contribution in [1.29, 1.82) is 0 Å². The minimum absolute atomic E-state index is 0.107. The molecule has 0 spiro atoms. The molecule has 5 nitrogen and oxygen atoms in total. The number of imidazole rings is 1. The number of fused-ring (bicyclic) bond motifs is 3. The second kappa shape index (κ2) is 4.59. The van der Waals surface area contributed by atoms with Crippen LogP contribution >= 0.6 is 0 Å². The third-order valence-electron chi connectivity index (χ3n) is 4.34. The topological polar surface area (TPSA) is 50.2 Å². The van der Waals surface area contributed by atoms with Gasteiger partial charge in [0.25, 0.3) is 0 Å². The van der Waals surface area contributed by atoms with E-state index in [9.17, 15) is 4.79 Å². The van der Waals surface area contributed by atoms with Crippen LogP contribution in [0.25, 0.3) is 11.0 Å². The Morgan fingerprint density at radius 1 is 1.30 bits per heavy atom. The van der Waals surface area contributed by atoms with E-state index in [1.807, 2.05) is 23.1 Å². The predicted molar refractivity (Wildman–Crippen MR) is 77.7 cm³/mol. The van der Waals surface area contributed by atoms with Gasteiger partial charge in [-0.05, 0) is 31.5 Å². The largest absolute Gasteiger partial charge is 0.316 e. The summed E-state index contributed by atoms with van der Waals surface area (Å²) in [6, 6.07) is 8.09. The monoisotopic (exact) mass is 270 g/mol. The van der Waals surface area contributed by atoms with Crippen molar-refractivity contribution in [1.82, 2.24) is 14.9 Å². The van der Waals surface area contributed by atoms with Gasteiger partial charge in [0.15, 0.2) is 0 Å². The van der Waals surface area contributed by atoms with Crippen molar-refractivity contribution in [3.63, 3.8) is 0 Å². The molecule has 104 valence electrons. The summed E-state index contributed by atoms with van der Waals surface area (Å²) < 4.78 is 2.16. The molecule has 5 heteroatoms. The molecule has 2 aromatic rings. The molecule has 1 aromatic carbocycles. The van der Waals surface area contributed by atoms with Crippen LogP contribution in [-0.2, 0) is 11.3 Å². The van der Waals surface area contributed by atoms with Gasteiger partial charge in [0.1, 0.15) is 0 Å². The highest BCUT2D eigenvalue weighted by molar-refractivity contribution is 5.96. The van der Waals surface area contributed by atoms with Crippen LogP contribution in [0.15, 0.2) is 24.3 Å². The SMILES string of the molecule is O=C(C1CCCNC1)N1CCn2c1nc1ccccc12. The van der Waals surface area contributed by atoms with Crippen LogP contribution in [0.3, 0.4) is 0 Å². The number of hydrogen-bond donors (Lipinski definition) is 1. The van der Waals surface area contributed by atoms with Crippen molar-refractivity contribution in [3.8, 4) is 0 Å². The third kappa shape index (κ3) is 1.73. The van der Waals surface area contributed by atoms with Gasteiger partial charge in [-0.25, -0.2) is 4.98 Å². The molecule has 0 saturated carbocycles. The fourth-order valence-electron chi connectivity index (χ4n) is 3.28. The minimum atomic E-state index is 0.107. The maximum atomic E-state index is 12.7. The van der Waals surface area contributed by atoms with E-state index >= 15 is 0 Å². The molecular formula is C15H18N4O. The number of piperidine rings is 1. The van der Waals surface area contributed by atoms with Gasteiger partial charge in [-0.3, -0.25) is 9.69 Å². The number of nitrogens with zero attached hydrogens (tertiary/aromatic N) is 3. The van der Waals surface area contributed by atoms with Crippen molar-refractivity contribution in [2.75, 3.05) is 24.5 Å². The number of hydrogen-bond acceptors (Lipinski definition) is 3. The van der Waals surface area contributed by atoms with E-state index in [0.29, 0.717) is 0 Å². The molecule has 2 aliphatic heterocycles. The second-order valence-corrected chi connectivity index (χ2v) is 5.59. The zero-order chi connectivity index (χ0) is 13.5. The average Bonchev–Trinajstić information content (AvgIpc) is 3.06. The molecule has 1 N–H and O–H groups in total. The van der Waals surface area contributed by atoms with Gasteiger partial charge in [-0.1, -0.05) is 12.1 Å². The summed E-state index contributed by atoms with van der Waals surface area (Å²) in [4.78, 5) is 19.2. The zero-order valence-electron chi connectivity index (χ0n) is 11.4. The van der Waals surface area contributed by atoms with Gasteiger partial charge >= 0.3 is 0 Å². The fraction of sp³-hybridized carbons (Fsp3) is 0.467. The van der Waals surface area contributed by atoms with E-state index in [4.69, 9.17) is 0 Å². The Labute approximate surface area is 117 Å². The van der Waals surface area contributed by atoms with Gasteiger partial charge in [0.05, 0.1) is 17.0 Å². The molecule has 1 fully saturated rings. The van der Waals surface area contributed by atoms with E-state index in [1.165, 1.54) is 0 Å². The summed E-state index contributed by atoms with van der Waals surface area (Å²) in [5, 5.41) is 3.32. The quantitative estimate of drug-likeness (QED) is 0.852. The Kier molecular flexibility index (Phi) is 2.73. The summed E-state index contributed by atoms with van der Waals surface area (Å²) in [6.45, 7) is 3.43. The molecule has 1 atom stereocenters. The number of benzene rings is 1. The Morgan fingerprint density at radius 3 is 3.05 bits per heavy atom. The lowest BCUT2D eigenvalue weighted by atomic mass is 9.98. The number of rotatable bonds is 1. The van der Waals surface area contributed by atoms with Crippen LogP contribution in [0.5, 0.6) is 0 Å². The van der Waals surface area contributed by atoms with E-state index in [1.54, 1.807) is 0 Å². The van der Waals surface area contributed by atoms with Crippen LogP contribution in [0, 0.1) is 5.92 Å². The van der Waals surface area contributed by atoms with Crippen molar-refractivity contribution >= 4 is 22.9 Å². The highest BCUT2D eigenvalue weighted by Crippen LogP contribution is 2.29. The summed E-state index contributed by atoms with van der Waals surface area (Å²) in [5.74, 6) is 1.16. The zero-order valence-corrected chi connectivity index (χ0v) is 11.4. The van der Waals surface area contributed by atoms with Gasteiger partial charge in [0.2, 0.25) is 11.9 Å². The number of aromatic nitrogens is 2. The molecule has 3 heterocycles. The standard InChI is InChI=1S/C15H18N4O/c20-14(11-4-3-7-16-10-11)19-9-8-18-13-6-2-1-5-12(13)17-15(18)19/h1-2,5-6,11,16H,3-4,7-10H2.